The summed E-state index contributed by atoms with van der Waals surface area (Å²) in [5.74, 6) is 0.544. The molecule has 3 heterocycles. The maximum absolute atomic E-state index is 12.7. The van der Waals surface area contributed by atoms with Gasteiger partial charge in [-0.25, -0.2) is 0 Å². The largest absolute Gasteiger partial charge is 0.484 e. The molecule has 0 saturated carbocycles. The Hall–Kier alpha value is -2.41. The van der Waals surface area contributed by atoms with Crippen molar-refractivity contribution in [3.63, 3.8) is 0 Å². The van der Waals surface area contributed by atoms with Crippen molar-refractivity contribution in [1.29, 1.82) is 0 Å². The van der Waals surface area contributed by atoms with E-state index in [0.717, 1.165) is 36.2 Å². The fourth-order valence-corrected chi connectivity index (χ4v) is 3.44. The Labute approximate surface area is 146 Å². The summed E-state index contributed by atoms with van der Waals surface area (Å²) >= 11 is 0. The Morgan fingerprint density at radius 2 is 2.32 bits per heavy atom. The Balaban J connectivity index is 1.45. The van der Waals surface area contributed by atoms with Gasteiger partial charge in [0.1, 0.15) is 11.9 Å². The lowest BCUT2D eigenvalue weighted by atomic mass is 10.1. The Kier molecular flexibility index (Phi) is 4.40. The van der Waals surface area contributed by atoms with Crippen LogP contribution in [0, 0.1) is 6.92 Å². The number of aromatic nitrogens is 3. The summed E-state index contributed by atoms with van der Waals surface area (Å²) in [7, 11) is 0. The normalized spacial score (nSPS) is 22.4. The van der Waals surface area contributed by atoms with E-state index in [1.807, 2.05) is 19.1 Å². The molecule has 1 aliphatic heterocycles. The topological polar surface area (TPSA) is 89.1 Å². The van der Waals surface area contributed by atoms with Gasteiger partial charge in [-0.2, -0.15) is 5.10 Å². The molecule has 1 fully saturated rings. The first-order valence-electron chi connectivity index (χ1n) is 8.75. The van der Waals surface area contributed by atoms with Gasteiger partial charge in [-0.3, -0.25) is 14.9 Å². The first kappa shape index (κ1) is 16.1. The van der Waals surface area contributed by atoms with Crippen LogP contribution in [0.3, 0.4) is 0 Å². The minimum atomic E-state index is -0.241. The van der Waals surface area contributed by atoms with Crippen LogP contribution in [0.2, 0.25) is 0 Å². The molecule has 2 aromatic rings. The third kappa shape index (κ3) is 3.37. The van der Waals surface area contributed by atoms with E-state index in [1.54, 1.807) is 6.20 Å². The maximum atomic E-state index is 12.7. The number of aromatic amines is 1. The van der Waals surface area contributed by atoms with E-state index in [4.69, 9.17) is 9.47 Å². The van der Waals surface area contributed by atoms with Crippen LogP contribution < -0.4 is 10.1 Å². The van der Waals surface area contributed by atoms with Crippen molar-refractivity contribution in [2.75, 3.05) is 13.2 Å². The number of amides is 1. The van der Waals surface area contributed by atoms with Crippen molar-refractivity contribution >= 4 is 5.91 Å². The summed E-state index contributed by atoms with van der Waals surface area (Å²) in [5, 5.41) is 10.3. The molecule has 2 aliphatic rings. The van der Waals surface area contributed by atoms with Crippen LogP contribution in [0.25, 0.3) is 0 Å². The van der Waals surface area contributed by atoms with E-state index in [-0.39, 0.29) is 18.1 Å². The monoisotopic (exact) mass is 342 g/mol. The molecule has 1 saturated heterocycles. The fourth-order valence-electron chi connectivity index (χ4n) is 3.44. The fraction of sp³-hybridized carbons (Fsp3) is 0.500. The van der Waals surface area contributed by atoms with Crippen LogP contribution in [-0.2, 0) is 17.6 Å². The van der Waals surface area contributed by atoms with Gasteiger partial charge in [0.2, 0.25) is 0 Å². The van der Waals surface area contributed by atoms with Gasteiger partial charge in [0, 0.05) is 23.6 Å². The molecule has 0 bridgehead atoms. The van der Waals surface area contributed by atoms with E-state index in [1.165, 1.54) is 0 Å². The van der Waals surface area contributed by atoms with Crippen molar-refractivity contribution in [3.05, 3.63) is 41.0 Å². The van der Waals surface area contributed by atoms with Gasteiger partial charge in [-0.15, -0.1) is 0 Å². The number of carbonyl (C=O) groups excluding carboxylic acids is 1. The molecule has 7 nitrogen and oxygen atoms in total. The van der Waals surface area contributed by atoms with Gasteiger partial charge in [-0.05, 0) is 44.7 Å². The predicted octanol–water partition coefficient (Wildman–Crippen LogP) is 1.57. The zero-order chi connectivity index (χ0) is 17.2. The molecule has 4 rings (SSSR count). The standard InChI is InChI=1S/C18H22N4O3/c1-11-5-6-12(9-19-11)25-16-10-24-8-7-15(16)20-18(23)17-13-3-2-4-14(13)21-22-17/h5-6,9,15-16H,2-4,7-8,10H2,1H3,(H,20,23)(H,21,22)/t15-,16+/m1/s1. The van der Waals surface area contributed by atoms with Gasteiger partial charge < -0.3 is 14.8 Å². The minimum Gasteiger partial charge on any atom is -0.484 e. The number of nitrogens with one attached hydrogen (secondary N) is 2. The number of aryl methyl sites for hydroxylation is 2. The van der Waals surface area contributed by atoms with Crippen molar-refractivity contribution in [2.24, 2.45) is 0 Å². The number of H-pyrrole nitrogens is 1. The quantitative estimate of drug-likeness (QED) is 0.880. The lowest BCUT2D eigenvalue weighted by Gasteiger charge is -2.32. The number of hydrogen-bond donors (Lipinski definition) is 2. The average Bonchev–Trinajstić information content (AvgIpc) is 3.22. The molecule has 0 radical (unpaired) electrons. The molecule has 132 valence electrons. The van der Waals surface area contributed by atoms with Gasteiger partial charge in [-0.1, -0.05) is 0 Å². The number of fused-ring (bicyclic) bond motifs is 1. The second-order valence-corrected chi connectivity index (χ2v) is 6.62. The Morgan fingerprint density at radius 3 is 3.16 bits per heavy atom. The highest BCUT2D eigenvalue weighted by Crippen LogP contribution is 2.23. The third-order valence-electron chi connectivity index (χ3n) is 4.81. The molecule has 2 N–H and O–H groups in total. The van der Waals surface area contributed by atoms with E-state index in [2.05, 4.69) is 20.5 Å². The number of pyridine rings is 1. The van der Waals surface area contributed by atoms with Crippen LogP contribution in [0.15, 0.2) is 18.3 Å². The van der Waals surface area contributed by atoms with Gasteiger partial charge in [0.15, 0.2) is 5.69 Å². The van der Waals surface area contributed by atoms with Crippen molar-refractivity contribution in [1.82, 2.24) is 20.5 Å². The first-order valence-corrected chi connectivity index (χ1v) is 8.75. The van der Waals surface area contributed by atoms with Crippen LogP contribution in [0.5, 0.6) is 5.75 Å². The zero-order valence-corrected chi connectivity index (χ0v) is 14.2. The molecule has 2 aromatic heterocycles. The van der Waals surface area contributed by atoms with Crippen LogP contribution in [-0.4, -0.2) is 46.4 Å². The number of hydrogen-bond acceptors (Lipinski definition) is 5. The average molecular weight is 342 g/mol. The van der Waals surface area contributed by atoms with Gasteiger partial charge >= 0.3 is 0 Å². The second-order valence-electron chi connectivity index (χ2n) is 6.62. The summed E-state index contributed by atoms with van der Waals surface area (Å²) < 4.78 is 11.5. The van der Waals surface area contributed by atoms with E-state index >= 15 is 0 Å². The summed E-state index contributed by atoms with van der Waals surface area (Å²) in [4.78, 5) is 16.9. The molecule has 2 atom stereocenters. The number of carbonyl (C=O) groups is 1. The molecular weight excluding hydrogens is 320 g/mol. The van der Waals surface area contributed by atoms with Gasteiger partial charge in [0.25, 0.3) is 5.91 Å². The molecule has 7 heteroatoms. The number of rotatable bonds is 4. The summed E-state index contributed by atoms with van der Waals surface area (Å²) in [6.07, 6.45) is 5.13. The highest BCUT2D eigenvalue weighted by atomic mass is 16.5. The minimum absolute atomic E-state index is 0.115. The lowest BCUT2D eigenvalue weighted by Crippen LogP contribution is -2.51. The van der Waals surface area contributed by atoms with Crippen molar-refractivity contribution < 1.29 is 14.3 Å². The molecule has 0 aromatic carbocycles. The lowest BCUT2D eigenvalue weighted by molar-refractivity contribution is -0.0137. The molecule has 25 heavy (non-hydrogen) atoms. The molecular formula is C18H22N4O3. The molecule has 0 spiro atoms. The molecule has 1 aliphatic carbocycles. The second kappa shape index (κ2) is 6.84. The predicted molar refractivity (Wildman–Crippen MR) is 90.7 cm³/mol. The third-order valence-corrected chi connectivity index (χ3v) is 4.81. The van der Waals surface area contributed by atoms with E-state index in [0.29, 0.717) is 31.1 Å². The Morgan fingerprint density at radius 1 is 1.40 bits per heavy atom. The zero-order valence-electron chi connectivity index (χ0n) is 14.2. The van der Waals surface area contributed by atoms with E-state index < -0.39 is 0 Å². The molecule has 0 unspecified atom stereocenters. The van der Waals surface area contributed by atoms with Crippen LogP contribution >= 0.6 is 0 Å². The summed E-state index contributed by atoms with van der Waals surface area (Å²) in [6.45, 7) is 2.98. The summed E-state index contributed by atoms with van der Waals surface area (Å²) in [5.41, 5.74) is 3.61. The van der Waals surface area contributed by atoms with Crippen LogP contribution in [0.1, 0.15) is 40.3 Å². The van der Waals surface area contributed by atoms with Gasteiger partial charge in [0.05, 0.1) is 18.8 Å². The Bertz CT molecular complexity index is 756. The van der Waals surface area contributed by atoms with Crippen molar-refractivity contribution in [2.45, 2.75) is 44.8 Å². The number of nitrogens with zero attached hydrogens (tertiary/aromatic N) is 2. The smallest absolute Gasteiger partial charge is 0.272 e. The van der Waals surface area contributed by atoms with Crippen molar-refractivity contribution in [3.8, 4) is 5.75 Å². The number of ether oxygens (including phenoxy) is 2. The highest BCUT2D eigenvalue weighted by molar-refractivity contribution is 5.94. The maximum Gasteiger partial charge on any atom is 0.272 e. The van der Waals surface area contributed by atoms with E-state index in [9.17, 15) is 4.79 Å². The SMILES string of the molecule is Cc1ccc(O[C@H]2COCC[C@H]2NC(=O)c2n[nH]c3c2CCC3)cn1. The molecule has 1 amide bonds. The first-order chi connectivity index (χ1) is 12.2. The highest BCUT2D eigenvalue weighted by Gasteiger charge is 2.31. The summed E-state index contributed by atoms with van der Waals surface area (Å²) in [6, 6.07) is 3.67. The van der Waals surface area contributed by atoms with Crippen LogP contribution in [0.4, 0.5) is 0 Å².